The SMILES string of the molecule is Cc1cc(Br)cc(NS(=O)(=O)c2cc(CN)sc2Br)c1. The zero-order valence-corrected chi connectivity index (χ0v) is 15.3. The summed E-state index contributed by atoms with van der Waals surface area (Å²) in [5.74, 6) is 0. The molecule has 8 heteroatoms. The van der Waals surface area contributed by atoms with Crippen molar-refractivity contribution in [3.8, 4) is 0 Å². The Bertz CT molecular complexity index is 722. The number of hydrogen-bond donors (Lipinski definition) is 2. The van der Waals surface area contributed by atoms with Gasteiger partial charge in [0.1, 0.15) is 4.90 Å². The molecular formula is C12H12Br2N2O2S2. The number of anilines is 1. The summed E-state index contributed by atoms with van der Waals surface area (Å²) in [7, 11) is -3.63. The van der Waals surface area contributed by atoms with Crippen LogP contribution in [-0.4, -0.2) is 8.42 Å². The summed E-state index contributed by atoms with van der Waals surface area (Å²) in [4.78, 5) is 1.02. The third-order valence-electron chi connectivity index (χ3n) is 2.49. The second-order valence-corrected chi connectivity index (χ2v) is 9.20. The summed E-state index contributed by atoms with van der Waals surface area (Å²) in [6, 6.07) is 6.98. The van der Waals surface area contributed by atoms with Crippen LogP contribution in [0.5, 0.6) is 0 Å². The van der Waals surface area contributed by atoms with E-state index < -0.39 is 10.0 Å². The number of thiophene rings is 1. The van der Waals surface area contributed by atoms with Gasteiger partial charge < -0.3 is 5.73 Å². The van der Waals surface area contributed by atoms with E-state index in [0.717, 1.165) is 14.9 Å². The minimum absolute atomic E-state index is 0.209. The number of nitrogens with two attached hydrogens (primary N) is 1. The number of nitrogens with one attached hydrogen (secondary N) is 1. The lowest BCUT2D eigenvalue weighted by Crippen LogP contribution is -2.12. The van der Waals surface area contributed by atoms with Crippen LogP contribution in [0, 0.1) is 6.92 Å². The van der Waals surface area contributed by atoms with E-state index in [2.05, 4.69) is 36.6 Å². The Hall–Kier alpha value is -0.410. The minimum atomic E-state index is -3.63. The van der Waals surface area contributed by atoms with Gasteiger partial charge in [0, 0.05) is 15.9 Å². The van der Waals surface area contributed by atoms with Gasteiger partial charge in [-0.15, -0.1) is 11.3 Å². The molecule has 1 aromatic heterocycles. The molecule has 2 aromatic rings. The van der Waals surface area contributed by atoms with Crippen molar-refractivity contribution < 1.29 is 8.42 Å². The Kier molecular flexibility index (Phi) is 4.91. The van der Waals surface area contributed by atoms with Crippen molar-refractivity contribution in [2.45, 2.75) is 18.4 Å². The average molecular weight is 440 g/mol. The number of rotatable bonds is 4. The Morgan fingerprint density at radius 2 is 1.95 bits per heavy atom. The van der Waals surface area contributed by atoms with Gasteiger partial charge in [0.25, 0.3) is 10.0 Å². The van der Waals surface area contributed by atoms with Gasteiger partial charge in [-0.25, -0.2) is 8.42 Å². The van der Waals surface area contributed by atoms with Crippen molar-refractivity contribution in [2.75, 3.05) is 4.72 Å². The second-order valence-electron chi connectivity index (χ2n) is 4.18. The van der Waals surface area contributed by atoms with Crippen molar-refractivity contribution >= 4 is 58.9 Å². The van der Waals surface area contributed by atoms with E-state index in [-0.39, 0.29) is 4.90 Å². The lowest BCUT2D eigenvalue weighted by molar-refractivity contribution is 0.601. The summed E-state index contributed by atoms with van der Waals surface area (Å²) in [6.45, 7) is 2.21. The van der Waals surface area contributed by atoms with Crippen LogP contribution in [0.3, 0.4) is 0 Å². The Labute approximate surface area is 138 Å². The summed E-state index contributed by atoms with van der Waals surface area (Å²) >= 11 is 7.94. The van der Waals surface area contributed by atoms with Gasteiger partial charge in [-0.2, -0.15) is 0 Å². The third-order valence-corrected chi connectivity index (χ3v) is 6.61. The molecule has 20 heavy (non-hydrogen) atoms. The monoisotopic (exact) mass is 438 g/mol. The maximum atomic E-state index is 12.4. The molecule has 0 spiro atoms. The molecule has 0 saturated heterocycles. The number of hydrogen-bond acceptors (Lipinski definition) is 4. The fourth-order valence-corrected chi connectivity index (χ4v) is 5.90. The maximum absolute atomic E-state index is 12.4. The predicted octanol–water partition coefficient (Wildman–Crippen LogP) is 3.84. The lowest BCUT2D eigenvalue weighted by Gasteiger charge is -2.08. The Balaban J connectivity index is 2.37. The first-order chi connectivity index (χ1) is 9.31. The molecule has 0 aliphatic rings. The maximum Gasteiger partial charge on any atom is 0.263 e. The second kappa shape index (κ2) is 6.15. The number of sulfonamides is 1. The minimum Gasteiger partial charge on any atom is -0.326 e. The van der Waals surface area contributed by atoms with Crippen molar-refractivity contribution in [3.63, 3.8) is 0 Å². The molecule has 0 aliphatic heterocycles. The van der Waals surface area contributed by atoms with Crippen molar-refractivity contribution in [1.82, 2.24) is 0 Å². The normalized spacial score (nSPS) is 11.6. The third kappa shape index (κ3) is 3.62. The van der Waals surface area contributed by atoms with Gasteiger partial charge in [-0.3, -0.25) is 4.72 Å². The zero-order valence-electron chi connectivity index (χ0n) is 10.5. The fourth-order valence-electron chi connectivity index (χ4n) is 1.69. The highest BCUT2D eigenvalue weighted by molar-refractivity contribution is 9.11. The van der Waals surface area contributed by atoms with Crippen LogP contribution in [0.25, 0.3) is 0 Å². The van der Waals surface area contributed by atoms with Gasteiger partial charge >= 0.3 is 0 Å². The summed E-state index contributed by atoms with van der Waals surface area (Å²) in [5.41, 5.74) is 7.02. The highest BCUT2D eigenvalue weighted by Crippen LogP contribution is 2.33. The topological polar surface area (TPSA) is 72.2 Å². The molecule has 1 aromatic carbocycles. The smallest absolute Gasteiger partial charge is 0.263 e. The quantitative estimate of drug-likeness (QED) is 0.759. The fraction of sp³-hybridized carbons (Fsp3) is 0.167. The molecule has 0 radical (unpaired) electrons. The van der Waals surface area contributed by atoms with E-state index in [1.54, 1.807) is 18.2 Å². The molecular weight excluding hydrogens is 428 g/mol. The molecule has 3 N–H and O–H groups in total. The first-order valence-corrected chi connectivity index (χ1v) is 9.48. The number of benzene rings is 1. The summed E-state index contributed by atoms with van der Waals surface area (Å²) in [5, 5.41) is 0. The van der Waals surface area contributed by atoms with E-state index in [0.29, 0.717) is 16.0 Å². The summed E-state index contributed by atoms with van der Waals surface area (Å²) in [6.07, 6.45) is 0. The molecule has 1 heterocycles. The van der Waals surface area contributed by atoms with Crippen molar-refractivity contribution in [1.29, 1.82) is 0 Å². The molecule has 0 bridgehead atoms. The van der Waals surface area contributed by atoms with E-state index in [9.17, 15) is 8.42 Å². The highest BCUT2D eigenvalue weighted by Gasteiger charge is 2.21. The largest absolute Gasteiger partial charge is 0.326 e. The van der Waals surface area contributed by atoms with Crippen LogP contribution in [0.1, 0.15) is 10.4 Å². The van der Waals surface area contributed by atoms with Crippen LogP contribution in [0.4, 0.5) is 5.69 Å². The first-order valence-electron chi connectivity index (χ1n) is 5.60. The lowest BCUT2D eigenvalue weighted by atomic mass is 10.2. The summed E-state index contributed by atoms with van der Waals surface area (Å²) < 4.78 is 28.7. The van der Waals surface area contributed by atoms with Gasteiger partial charge in [-0.1, -0.05) is 15.9 Å². The number of halogens is 2. The van der Waals surface area contributed by atoms with Gasteiger partial charge in [-0.05, 0) is 52.7 Å². The van der Waals surface area contributed by atoms with Crippen LogP contribution in [-0.2, 0) is 16.6 Å². The van der Waals surface area contributed by atoms with Crippen molar-refractivity contribution in [2.24, 2.45) is 5.73 Å². The van der Waals surface area contributed by atoms with E-state index in [4.69, 9.17) is 5.73 Å². The van der Waals surface area contributed by atoms with Crippen LogP contribution < -0.4 is 10.5 Å². The first kappa shape index (κ1) is 16.0. The standard InChI is InChI=1S/C12H12Br2N2O2S2/c1-7-2-8(13)4-9(3-7)16-20(17,18)11-5-10(6-15)19-12(11)14/h2-5,16H,6,15H2,1H3. The van der Waals surface area contributed by atoms with E-state index >= 15 is 0 Å². The molecule has 108 valence electrons. The molecule has 4 nitrogen and oxygen atoms in total. The van der Waals surface area contributed by atoms with E-state index in [1.807, 2.05) is 13.0 Å². The zero-order chi connectivity index (χ0) is 14.9. The molecule has 0 atom stereocenters. The van der Waals surface area contributed by atoms with Gasteiger partial charge in [0.05, 0.1) is 9.47 Å². The number of aryl methyl sites for hydroxylation is 1. The van der Waals surface area contributed by atoms with Gasteiger partial charge in [0.2, 0.25) is 0 Å². The van der Waals surface area contributed by atoms with E-state index in [1.165, 1.54) is 11.3 Å². The van der Waals surface area contributed by atoms with Gasteiger partial charge in [0.15, 0.2) is 0 Å². The Morgan fingerprint density at radius 1 is 1.25 bits per heavy atom. The molecule has 0 unspecified atom stereocenters. The predicted molar refractivity (Wildman–Crippen MR) is 89.6 cm³/mol. The molecule has 0 fully saturated rings. The molecule has 0 saturated carbocycles. The Morgan fingerprint density at radius 3 is 2.50 bits per heavy atom. The molecule has 0 amide bonds. The average Bonchev–Trinajstić information content (AvgIpc) is 2.69. The van der Waals surface area contributed by atoms with Crippen LogP contribution in [0.15, 0.2) is 37.4 Å². The van der Waals surface area contributed by atoms with Crippen molar-refractivity contribution in [3.05, 3.63) is 43.0 Å². The molecule has 2 rings (SSSR count). The van der Waals surface area contributed by atoms with Crippen LogP contribution in [0.2, 0.25) is 0 Å². The molecule has 0 aliphatic carbocycles. The highest BCUT2D eigenvalue weighted by atomic mass is 79.9. The van der Waals surface area contributed by atoms with Crippen LogP contribution >= 0.6 is 43.2 Å².